The number of halogens is 1. The molecule has 2 rings (SSSR count). The minimum atomic E-state index is -0.270. The highest BCUT2D eigenvalue weighted by Crippen LogP contribution is 2.20. The van der Waals surface area contributed by atoms with E-state index in [0.717, 1.165) is 0 Å². The first kappa shape index (κ1) is 15.9. The second-order valence-corrected chi connectivity index (χ2v) is 6.07. The van der Waals surface area contributed by atoms with Crippen LogP contribution >= 0.6 is 23.8 Å². The normalized spacial score (nSPS) is 19.2. The van der Waals surface area contributed by atoms with Crippen molar-refractivity contribution in [2.75, 3.05) is 7.05 Å². The van der Waals surface area contributed by atoms with Crippen molar-refractivity contribution in [1.29, 1.82) is 0 Å². The predicted molar refractivity (Wildman–Crippen MR) is 86.5 cm³/mol. The molecular weight excluding hydrogens is 308 g/mol. The Morgan fingerprint density at radius 1 is 1.38 bits per heavy atom. The van der Waals surface area contributed by atoms with E-state index in [1.807, 2.05) is 20.9 Å². The number of azo groups is 1. The first-order chi connectivity index (χ1) is 9.90. The Kier molecular flexibility index (Phi) is 4.90. The number of rotatable bonds is 4. The molecule has 7 heteroatoms. The van der Waals surface area contributed by atoms with Crippen molar-refractivity contribution in [2.24, 2.45) is 16.1 Å². The Balaban J connectivity index is 2.13. The molecule has 21 heavy (non-hydrogen) atoms. The molecule has 2 unspecified atom stereocenters. The monoisotopic (exact) mass is 324 g/mol. The maximum Gasteiger partial charge on any atom is 0.251 e. The van der Waals surface area contributed by atoms with E-state index >= 15 is 0 Å². The van der Waals surface area contributed by atoms with Crippen molar-refractivity contribution in [3.05, 3.63) is 34.9 Å². The highest BCUT2D eigenvalue weighted by atomic mass is 35.5. The third kappa shape index (κ3) is 3.57. The molecule has 2 atom stereocenters. The number of nitrogens with zero attached hydrogens (tertiary/aromatic N) is 3. The number of hydrogen-bond acceptors (Lipinski definition) is 3. The average Bonchev–Trinajstić information content (AvgIpc) is 2.76. The molecule has 1 N–H and O–H groups in total. The van der Waals surface area contributed by atoms with Crippen LogP contribution in [0.2, 0.25) is 5.02 Å². The number of hydrogen-bond donors (Lipinski definition) is 1. The van der Waals surface area contributed by atoms with Crippen LogP contribution in [0.1, 0.15) is 24.2 Å². The van der Waals surface area contributed by atoms with Gasteiger partial charge in [-0.3, -0.25) is 4.79 Å². The smallest absolute Gasteiger partial charge is 0.251 e. The Morgan fingerprint density at radius 3 is 2.48 bits per heavy atom. The zero-order valence-electron chi connectivity index (χ0n) is 12.1. The second kappa shape index (κ2) is 6.49. The lowest BCUT2D eigenvalue weighted by Gasteiger charge is -2.30. The molecule has 0 saturated carbocycles. The second-order valence-electron chi connectivity index (χ2n) is 5.27. The number of carbonyl (C=O) groups is 1. The summed E-state index contributed by atoms with van der Waals surface area (Å²) in [6, 6.07) is 6.59. The molecule has 0 aliphatic carbocycles. The Bertz CT molecular complexity index is 573. The summed E-state index contributed by atoms with van der Waals surface area (Å²) in [4.78, 5) is 14.1. The number of benzene rings is 1. The molecule has 1 amide bonds. The van der Waals surface area contributed by atoms with Gasteiger partial charge < -0.3 is 10.2 Å². The largest absolute Gasteiger partial charge is 0.345 e. The van der Waals surface area contributed by atoms with E-state index in [1.54, 1.807) is 29.2 Å². The molecule has 0 bridgehead atoms. The van der Waals surface area contributed by atoms with Crippen LogP contribution in [0.15, 0.2) is 34.5 Å². The first-order valence-electron chi connectivity index (χ1n) is 6.64. The van der Waals surface area contributed by atoms with Gasteiger partial charge in [-0.1, -0.05) is 25.4 Å². The van der Waals surface area contributed by atoms with Crippen LogP contribution in [0.5, 0.6) is 0 Å². The number of thiocarbonyl (C=S) groups is 1. The highest BCUT2D eigenvalue weighted by molar-refractivity contribution is 7.80. The van der Waals surface area contributed by atoms with Crippen LogP contribution in [0.4, 0.5) is 0 Å². The first-order valence-corrected chi connectivity index (χ1v) is 7.43. The Hall–Kier alpha value is -1.53. The van der Waals surface area contributed by atoms with Gasteiger partial charge in [-0.25, -0.2) is 0 Å². The van der Waals surface area contributed by atoms with Gasteiger partial charge in [0.2, 0.25) is 5.11 Å². The van der Waals surface area contributed by atoms with E-state index in [9.17, 15) is 4.79 Å². The van der Waals surface area contributed by atoms with Gasteiger partial charge in [0, 0.05) is 17.6 Å². The summed E-state index contributed by atoms with van der Waals surface area (Å²) in [6.07, 6.45) is -0.270. The van der Waals surface area contributed by atoms with Crippen molar-refractivity contribution in [2.45, 2.75) is 26.1 Å². The molecule has 1 heterocycles. The van der Waals surface area contributed by atoms with E-state index in [-0.39, 0.29) is 24.0 Å². The van der Waals surface area contributed by atoms with Crippen molar-refractivity contribution in [3.8, 4) is 0 Å². The summed E-state index contributed by atoms with van der Waals surface area (Å²) in [5.41, 5.74) is 0.560. The standard InChI is InChI=1S/C14H17ClN4OS/c1-8(2)11(12-17-18-14(21)19(12)3)16-13(20)9-4-6-10(15)7-5-9/h4-8,11-12H,1-3H3,(H,16,20). The summed E-state index contributed by atoms with van der Waals surface area (Å²) >= 11 is 10.9. The average molecular weight is 325 g/mol. The lowest BCUT2D eigenvalue weighted by atomic mass is 10.0. The molecule has 1 aliphatic heterocycles. The quantitative estimate of drug-likeness (QED) is 0.866. The predicted octanol–water partition coefficient (Wildman–Crippen LogP) is 3.10. The molecular formula is C14H17ClN4OS. The van der Waals surface area contributed by atoms with Gasteiger partial charge >= 0.3 is 0 Å². The molecule has 0 radical (unpaired) electrons. The summed E-state index contributed by atoms with van der Waals surface area (Å²) < 4.78 is 0. The zero-order chi connectivity index (χ0) is 15.6. The third-order valence-electron chi connectivity index (χ3n) is 3.40. The van der Waals surface area contributed by atoms with Crippen molar-refractivity contribution < 1.29 is 4.79 Å². The fourth-order valence-electron chi connectivity index (χ4n) is 2.10. The van der Waals surface area contributed by atoms with E-state index in [4.69, 9.17) is 23.8 Å². The van der Waals surface area contributed by atoms with Crippen LogP contribution in [0, 0.1) is 5.92 Å². The molecule has 1 aromatic carbocycles. The third-order valence-corrected chi connectivity index (χ3v) is 4.03. The Morgan fingerprint density at radius 2 is 2.00 bits per heavy atom. The van der Waals surface area contributed by atoms with Gasteiger partial charge in [-0.15, -0.1) is 5.11 Å². The molecule has 0 fully saturated rings. The molecule has 1 aliphatic rings. The Labute approximate surface area is 134 Å². The fraction of sp³-hybridized carbons (Fsp3) is 0.429. The number of likely N-dealkylation sites (N-methyl/N-ethyl adjacent to an activating group) is 1. The van der Waals surface area contributed by atoms with Gasteiger partial charge in [0.1, 0.15) is 0 Å². The van der Waals surface area contributed by atoms with Gasteiger partial charge in [-0.2, -0.15) is 5.11 Å². The van der Waals surface area contributed by atoms with Gasteiger partial charge in [0.05, 0.1) is 6.04 Å². The summed E-state index contributed by atoms with van der Waals surface area (Å²) in [5, 5.41) is 12.1. The summed E-state index contributed by atoms with van der Waals surface area (Å²) in [5.74, 6) is 0.0281. The zero-order valence-corrected chi connectivity index (χ0v) is 13.6. The van der Waals surface area contributed by atoms with Crippen molar-refractivity contribution >= 4 is 34.8 Å². The van der Waals surface area contributed by atoms with E-state index < -0.39 is 0 Å². The molecule has 1 aromatic rings. The molecule has 0 saturated heterocycles. The highest BCUT2D eigenvalue weighted by Gasteiger charge is 2.34. The molecule has 0 spiro atoms. The summed E-state index contributed by atoms with van der Waals surface area (Å²) in [6.45, 7) is 4.05. The number of nitrogens with one attached hydrogen (secondary N) is 1. The van der Waals surface area contributed by atoms with Gasteiger partial charge in [-0.05, 0) is 42.4 Å². The van der Waals surface area contributed by atoms with E-state index in [1.165, 1.54) is 0 Å². The van der Waals surface area contributed by atoms with Gasteiger partial charge in [0.15, 0.2) is 6.17 Å². The SMILES string of the molecule is CC(C)C(NC(=O)c1ccc(Cl)cc1)C1N=NC(=S)N1C. The number of carbonyl (C=O) groups excluding carboxylic acids is 1. The van der Waals surface area contributed by atoms with Gasteiger partial charge in [0.25, 0.3) is 5.91 Å². The maximum atomic E-state index is 12.3. The topological polar surface area (TPSA) is 57.1 Å². The number of amides is 1. The molecule has 112 valence electrons. The summed E-state index contributed by atoms with van der Waals surface area (Å²) in [7, 11) is 1.83. The van der Waals surface area contributed by atoms with Crippen LogP contribution in [0.3, 0.4) is 0 Å². The lowest BCUT2D eigenvalue weighted by molar-refractivity contribution is 0.0901. The lowest BCUT2D eigenvalue weighted by Crippen LogP contribution is -2.51. The molecule has 0 aromatic heterocycles. The van der Waals surface area contributed by atoms with Crippen molar-refractivity contribution in [3.63, 3.8) is 0 Å². The van der Waals surface area contributed by atoms with E-state index in [2.05, 4.69) is 15.5 Å². The van der Waals surface area contributed by atoms with Crippen LogP contribution in [-0.4, -0.2) is 35.2 Å². The van der Waals surface area contributed by atoms with Crippen molar-refractivity contribution in [1.82, 2.24) is 10.2 Å². The van der Waals surface area contributed by atoms with Crippen LogP contribution in [0.25, 0.3) is 0 Å². The van der Waals surface area contributed by atoms with Crippen LogP contribution < -0.4 is 5.32 Å². The fourth-order valence-corrected chi connectivity index (χ4v) is 2.38. The maximum absolute atomic E-state index is 12.3. The minimum absolute atomic E-state index is 0.160. The van der Waals surface area contributed by atoms with Crippen LogP contribution in [-0.2, 0) is 0 Å². The molecule has 5 nitrogen and oxygen atoms in total. The minimum Gasteiger partial charge on any atom is -0.345 e. The van der Waals surface area contributed by atoms with E-state index in [0.29, 0.717) is 15.7 Å².